The maximum absolute atomic E-state index is 11.9. The van der Waals surface area contributed by atoms with Gasteiger partial charge in [0.05, 0.1) is 20.6 Å². The number of ketones is 2. The van der Waals surface area contributed by atoms with E-state index in [2.05, 4.69) is 0 Å². The molecule has 2 aromatic rings. The Labute approximate surface area is 184 Å². The highest BCUT2D eigenvalue weighted by Gasteiger charge is 2.06. The van der Waals surface area contributed by atoms with E-state index in [4.69, 9.17) is 27.0 Å². The zero-order valence-corrected chi connectivity index (χ0v) is 17.9. The van der Waals surface area contributed by atoms with E-state index >= 15 is 0 Å². The highest BCUT2D eigenvalue weighted by Crippen LogP contribution is 2.27. The summed E-state index contributed by atoms with van der Waals surface area (Å²) in [6.07, 6.45) is 5.44. The molecule has 32 heavy (non-hydrogen) atoms. The van der Waals surface area contributed by atoms with E-state index in [0.717, 1.165) is 0 Å². The van der Waals surface area contributed by atoms with Gasteiger partial charge in [0.15, 0.2) is 34.6 Å². The first kappa shape index (κ1) is 26.4. The van der Waals surface area contributed by atoms with Gasteiger partial charge >= 0.3 is 10.4 Å². The largest absolute Gasteiger partial charge is 0.504 e. The van der Waals surface area contributed by atoms with Crippen molar-refractivity contribution in [2.45, 2.75) is 6.42 Å². The third-order valence-electron chi connectivity index (χ3n) is 3.68. The maximum Gasteiger partial charge on any atom is 0.394 e. The van der Waals surface area contributed by atoms with Crippen molar-refractivity contribution in [1.82, 2.24) is 0 Å². The SMILES string of the molecule is COc1cc(/C=C/C(=O)CC(=O)/C=C/c2ccc(O)c(OC)c2)ccc1O.O=S(=O)(O)O. The zero-order valence-electron chi connectivity index (χ0n) is 17.1. The molecular weight excluding hydrogens is 444 g/mol. The minimum absolute atomic E-state index is 0.00662. The third-order valence-corrected chi connectivity index (χ3v) is 3.68. The molecule has 0 amide bonds. The molecule has 0 aliphatic heterocycles. The van der Waals surface area contributed by atoms with Crippen LogP contribution in [0.2, 0.25) is 0 Å². The lowest BCUT2D eigenvalue weighted by atomic mass is 10.1. The fourth-order valence-electron chi connectivity index (χ4n) is 2.26. The Morgan fingerprint density at radius 1 is 0.812 bits per heavy atom. The lowest BCUT2D eigenvalue weighted by molar-refractivity contribution is -0.121. The second kappa shape index (κ2) is 12.2. The molecule has 11 heteroatoms. The first-order valence-electron chi connectivity index (χ1n) is 8.78. The molecule has 10 nitrogen and oxygen atoms in total. The number of phenols is 2. The van der Waals surface area contributed by atoms with Gasteiger partial charge in [0.25, 0.3) is 0 Å². The van der Waals surface area contributed by atoms with Crippen molar-refractivity contribution in [3.05, 3.63) is 59.7 Å². The molecule has 0 aliphatic rings. The van der Waals surface area contributed by atoms with Crippen molar-refractivity contribution in [2.24, 2.45) is 0 Å². The molecule has 0 heterocycles. The molecule has 2 rings (SSSR count). The Morgan fingerprint density at radius 2 is 1.16 bits per heavy atom. The van der Waals surface area contributed by atoms with Crippen LogP contribution >= 0.6 is 0 Å². The number of hydrogen-bond donors (Lipinski definition) is 4. The molecule has 0 spiro atoms. The van der Waals surface area contributed by atoms with Crippen LogP contribution in [0.5, 0.6) is 23.0 Å². The van der Waals surface area contributed by atoms with Crippen LogP contribution in [-0.4, -0.2) is 53.5 Å². The molecule has 0 saturated heterocycles. The number of allylic oxidation sites excluding steroid dienone is 2. The van der Waals surface area contributed by atoms with Gasteiger partial charge in [0.2, 0.25) is 0 Å². The predicted octanol–water partition coefficient (Wildman–Crippen LogP) is 2.72. The number of aromatic hydroxyl groups is 2. The summed E-state index contributed by atoms with van der Waals surface area (Å²) >= 11 is 0. The predicted molar refractivity (Wildman–Crippen MR) is 116 cm³/mol. The van der Waals surface area contributed by atoms with Gasteiger partial charge < -0.3 is 19.7 Å². The number of rotatable bonds is 8. The molecule has 172 valence electrons. The quantitative estimate of drug-likeness (QED) is 0.258. The summed E-state index contributed by atoms with van der Waals surface area (Å²) in [5, 5.41) is 19.1. The summed E-state index contributed by atoms with van der Waals surface area (Å²) < 4.78 is 41.6. The van der Waals surface area contributed by atoms with E-state index in [9.17, 15) is 19.8 Å². The second-order valence-corrected chi connectivity index (χ2v) is 6.98. The minimum atomic E-state index is -4.67. The lowest BCUT2D eigenvalue weighted by Gasteiger charge is -2.03. The summed E-state index contributed by atoms with van der Waals surface area (Å²) in [5.41, 5.74) is 1.33. The average Bonchev–Trinajstić information content (AvgIpc) is 2.71. The van der Waals surface area contributed by atoms with E-state index in [1.807, 2.05) is 0 Å². The zero-order chi connectivity index (χ0) is 24.3. The number of benzene rings is 2. The monoisotopic (exact) mass is 466 g/mol. The van der Waals surface area contributed by atoms with Gasteiger partial charge in [-0.05, 0) is 47.5 Å². The number of ether oxygens (including phenoxy) is 2. The number of carbonyl (C=O) groups is 2. The normalized spacial score (nSPS) is 11.1. The Hall–Kier alpha value is -3.67. The smallest absolute Gasteiger partial charge is 0.394 e. The van der Waals surface area contributed by atoms with Crippen LogP contribution in [0.4, 0.5) is 0 Å². The van der Waals surface area contributed by atoms with Crippen molar-refractivity contribution in [3.63, 3.8) is 0 Å². The summed E-state index contributed by atoms with van der Waals surface area (Å²) in [6, 6.07) is 9.34. The van der Waals surface area contributed by atoms with E-state index in [1.54, 1.807) is 36.4 Å². The molecule has 0 bridgehead atoms. The Bertz CT molecular complexity index is 1040. The Kier molecular flexibility index (Phi) is 10.1. The number of carbonyl (C=O) groups excluding carboxylic acids is 2. The Morgan fingerprint density at radius 3 is 1.47 bits per heavy atom. The molecule has 2 aromatic carbocycles. The van der Waals surface area contributed by atoms with Crippen LogP contribution in [0.3, 0.4) is 0 Å². The number of methoxy groups -OCH3 is 2. The number of phenolic OH excluding ortho intramolecular Hbond substituents is 2. The summed E-state index contributed by atoms with van der Waals surface area (Å²) in [6.45, 7) is 0. The van der Waals surface area contributed by atoms with E-state index < -0.39 is 10.4 Å². The van der Waals surface area contributed by atoms with Gasteiger partial charge in [-0.15, -0.1) is 0 Å². The summed E-state index contributed by atoms with van der Waals surface area (Å²) in [4.78, 5) is 23.9. The second-order valence-electron chi connectivity index (χ2n) is 6.09. The molecule has 0 fully saturated rings. The first-order chi connectivity index (χ1) is 14.9. The van der Waals surface area contributed by atoms with Crippen LogP contribution in [-0.2, 0) is 20.0 Å². The first-order valence-corrected chi connectivity index (χ1v) is 10.2. The van der Waals surface area contributed by atoms with Crippen molar-refractivity contribution in [2.75, 3.05) is 14.2 Å². The van der Waals surface area contributed by atoms with Crippen LogP contribution in [0.15, 0.2) is 48.6 Å². The highest BCUT2D eigenvalue weighted by atomic mass is 32.3. The molecule has 0 unspecified atom stereocenters. The van der Waals surface area contributed by atoms with Crippen LogP contribution < -0.4 is 9.47 Å². The van der Waals surface area contributed by atoms with Gasteiger partial charge in [-0.3, -0.25) is 18.7 Å². The van der Waals surface area contributed by atoms with Crippen molar-refractivity contribution < 1.29 is 46.8 Å². The van der Waals surface area contributed by atoms with Crippen LogP contribution in [0, 0.1) is 0 Å². The van der Waals surface area contributed by atoms with Crippen LogP contribution in [0.1, 0.15) is 17.5 Å². The third kappa shape index (κ3) is 10.4. The topological polar surface area (TPSA) is 168 Å². The fourth-order valence-corrected chi connectivity index (χ4v) is 2.26. The molecule has 0 atom stereocenters. The molecule has 4 N–H and O–H groups in total. The Balaban J connectivity index is 0.000000920. The van der Waals surface area contributed by atoms with Gasteiger partial charge in [0.1, 0.15) is 0 Å². The maximum atomic E-state index is 11.9. The van der Waals surface area contributed by atoms with Gasteiger partial charge in [-0.2, -0.15) is 8.42 Å². The summed E-state index contributed by atoms with van der Waals surface area (Å²) in [5.74, 6) is -0.0832. The van der Waals surface area contributed by atoms with Gasteiger partial charge in [0, 0.05) is 0 Å². The van der Waals surface area contributed by atoms with E-state index in [1.165, 1.54) is 38.5 Å². The molecular formula is C21H22O10S. The molecule has 0 radical (unpaired) electrons. The van der Waals surface area contributed by atoms with Crippen molar-refractivity contribution in [1.29, 1.82) is 0 Å². The minimum Gasteiger partial charge on any atom is -0.504 e. The standard InChI is InChI=1S/C21H20O6.H2O4S/c1-26-20-11-14(5-9-18(20)24)3-7-16(22)13-17(23)8-4-15-6-10-19(25)21(12-15)27-2;1-5(2,3)4/h3-12,24-25H,13H2,1-2H3;(H2,1,2,3,4)/b7-3+,8-4+;. The van der Waals surface area contributed by atoms with Crippen molar-refractivity contribution >= 4 is 34.1 Å². The molecule has 0 aliphatic carbocycles. The average molecular weight is 466 g/mol. The van der Waals surface area contributed by atoms with Crippen LogP contribution in [0.25, 0.3) is 12.2 Å². The van der Waals surface area contributed by atoms with Gasteiger partial charge in [-0.25, -0.2) is 0 Å². The van der Waals surface area contributed by atoms with E-state index in [0.29, 0.717) is 22.6 Å². The molecule has 0 saturated carbocycles. The number of hydrogen-bond acceptors (Lipinski definition) is 8. The lowest BCUT2D eigenvalue weighted by Crippen LogP contribution is -2.01. The van der Waals surface area contributed by atoms with E-state index in [-0.39, 0.29) is 29.5 Å². The fraction of sp³-hybridized carbons (Fsp3) is 0.143. The molecule has 0 aromatic heterocycles. The van der Waals surface area contributed by atoms with Gasteiger partial charge in [-0.1, -0.05) is 24.3 Å². The summed E-state index contributed by atoms with van der Waals surface area (Å²) in [7, 11) is -1.80. The van der Waals surface area contributed by atoms with Crippen molar-refractivity contribution in [3.8, 4) is 23.0 Å². The highest BCUT2D eigenvalue weighted by molar-refractivity contribution is 7.79.